The van der Waals surface area contributed by atoms with Crippen LogP contribution >= 0.6 is 11.6 Å². The van der Waals surface area contributed by atoms with Crippen molar-refractivity contribution in [1.29, 1.82) is 0 Å². The van der Waals surface area contributed by atoms with Gasteiger partial charge in [0.05, 0.1) is 30.2 Å². The van der Waals surface area contributed by atoms with Crippen molar-refractivity contribution in [3.05, 3.63) is 24.0 Å². The molecule has 0 bridgehead atoms. The highest BCUT2D eigenvalue weighted by atomic mass is 35.5. The lowest BCUT2D eigenvalue weighted by Crippen LogP contribution is -2.32. The molecule has 0 radical (unpaired) electrons. The lowest BCUT2D eigenvalue weighted by molar-refractivity contribution is -0.0878. The summed E-state index contributed by atoms with van der Waals surface area (Å²) < 4.78 is 5.87. The fraction of sp³-hybridized carbons (Fsp3) is 0.583. The maximum Gasteiger partial charge on any atom is 0.0874 e. The average Bonchev–Trinajstić information content (AvgIpc) is 2.37. The van der Waals surface area contributed by atoms with Crippen LogP contribution in [0.4, 0.5) is 5.69 Å². The molecule has 2 heterocycles. The fourth-order valence-electron chi connectivity index (χ4n) is 2.18. The molecule has 1 saturated heterocycles. The summed E-state index contributed by atoms with van der Waals surface area (Å²) in [6, 6.07) is 1.92. The molecular formula is C12H17ClN2O2. The molecule has 3 atom stereocenters. The van der Waals surface area contributed by atoms with E-state index in [0.29, 0.717) is 18.7 Å². The van der Waals surface area contributed by atoms with Crippen LogP contribution < -0.4 is 5.32 Å². The molecule has 0 amide bonds. The predicted molar refractivity (Wildman–Crippen MR) is 67.4 cm³/mol. The molecule has 2 rings (SSSR count). The van der Waals surface area contributed by atoms with Crippen LogP contribution in [0.25, 0.3) is 0 Å². The number of hydrogen-bond donors (Lipinski definition) is 2. The molecule has 0 aromatic carbocycles. The zero-order chi connectivity index (χ0) is 12.3. The fourth-order valence-corrected chi connectivity index (χ4v) is 2.38. The molecule has 0 aliphatic carbocycles. The predicted octanol–water partition coefficient (Wildman–Crippen LogP) is 1.94. The van der Waals surface area contributed by atoms with Crippen molar-refractivity contribution in [2.24, 2.45) is 0 Å². The molecule has 94 valence electrons. The summed E-state index contributed by atoms with van der Waals surface area (Å²) in [5.74, 6) is 0.410. The highest BCUT2D eigenvalue weighted by Crippen LogP contribution is 2.34. The minimum Gasteiger partial charge on any atom is -0.393 e. The Bertz CT molecular complexity index is 375. The lowest BCUT2D eigenvalue weighted by Gasteiger charge is -2.33. The molecular weight excluding hydrogens is 240 g/mol. The van der Waals surface area contributed by atoms with E-state index in [1.807, 2.05) is 13.1 Å². The van der Waals surface area contributed by atoms with Crippen LogP contribution in [0, 0.1) is 0 Å². The van der Waals surface area contributed by atoms with E-state index < -0.39 is 0 Å². The van der Waals surface area contributed by atoms with Gasteiger partial charge >= 0.3 is 0 Å². The Hall–Kier alpha value is -0.840. The van der Waals surface area contributed by atoms with Crippen LogP contribution in [0.2, 0.25) is 0 Å². The first-order chi connectivity index (χ1) is 8.24. The van der Waals surface area contributed by atoms with Crippen molar-refractivity contribution in [1.82, 2.24) is 4.98 Å². The van der Waals surface area contributed by atoms with Gasteiger partial charge in [0.15, 0.2) is 0 Å². The van der Waals surface area contributed by atoms with Crippen LogP contribution in [0.5, 0.6) is 0 Å². The van der Waals surface area contributed by atoms with Crippen molar-refractivity contribution >= 4 is 17.3 Å². The normalized spacial score (nSPS) is 29.0. The zero-order valence-electron chi connectivity index (χ0n) is 9.77. The SMILES string of the molecule is CNc1cnccc1C1CC(O)CC(CCl)O1. The Labute approximate surface area is 106 Å². The van der Waals surface area contributed by atoms with Gasteiger partial charge in [-0.25, -0.2) is 0 Å². The minimum atomic E-state index is -0.352. The third-order valence-electron chi connectivity index (χ3n) is 3.02. The van der Waals surface area contributed by atoms with E-state index in [0.717, 1.165) is 11.3 Å². The highest BCUT2D eigenvalue weighted by molar-refractivity contribution is 6.18. The number of nitrogens with one attached hydrogen (secondary N) is 1. The van der Waals surface area contributed by atoms with Crippen LogP contribution in [0.3, 0.4) is 0 Å². The van der Waals surface area contributed by atoms with Crippen LogP contribution in [0.15, 0.2) is 18.5 Å². The van der Waals surface area contributed by atoms with Crippen LogP contribution in [-0.2, 0) is 4.74 Å². The second kappa shape index (κ2) is 5.67. The van der Waals surface area contributed by atoms with E-state index in [2.05, 4.69) is 10.3 Å². The van der Waals surface area contributed by atoms with Crippen LogP contribution in [0.1, 0.15) is 24.5 Å². The van der Waals surface area contributed by atoms with Crippen molar-refractivity contribution in [2.75, 3.05) is 18.2 Å². The molecule has 5 heteroatoms. The molecule has 1 aromatic heterocycles. The van der Waals surface area contributed by atoms with Gasteiger partial charge in [0.25, 0.3) is 0 Å². The third kappa shape index (κ3) is 2.89. The average molecular weight is 257 g/mol. The molecule has 1 aromatic rings. The molecule has 0 saturated carbocycles. The zero-order valence-corrected chi connectivity index (χ0v) is 10.5. The number of anilines is 1. The quantitative estimate of drug-likeness (QED) is 0.812. The van der Waals surface area contributed by atoms with Gasteiger partial charge in [-0.05, 0) is 6.07 Å². The summed E-state index contributed by atoms with van der Waals surface area (Å²) in [5, 5.41) is 12.9. The molecule has 1 aliphatic heterocycles. The summed E-state index contributed by atoms with van der Waals surface area (Å²) in [6.45, 7) is 0. The van der Waals surface area contributed by atoms with E-state index in [4.69, 9.17) is 16.3 Å². The number of aliphatic hydroxyl groups excluding tert-OH is 1. The number of nitrogens with zero attached hydrogens (tertiary/aromatic N) is 1. The first-order valence-electron chi connectivity index (χ1n) is 5.75. The first kappa shape index (κ1) is 12.6. The summed E-state index contributed by atoms with van der Waals surface area (Å²) >= 11 is 5.81. The smallest absolute Gasteiger partial charge is 0.0874 e. The number of aromatic nitrogens is 1. The Balaban J connectivity index is 2.20. The van der Waals surface area contributed by atoms with Gasteiger partial charge in [0, 0.05) is 37.5 Å². The van der Waals surface area contributed by atoms with Gasteiger partial charge in [-0.2, -0.15) is 0 Å². The molecule has 4 nitrogen and oxygen atoms in total. The molecule has 17 heavy (non-hydrogen) atoms. The number of ether oxygens (including phenoxy) is 1. The second-order valence-electron chi connectivity index (χ2n) is 4.24. The molecule has 3 unspecified atom stereocenters. The van der Waals surface area contributed by atoms with Gasteiger partial charge < -0.3 is 15.2 Å². The number of rotatable bonds is 3. The van der Waals surface area contributed by atoms with E-state index >= 15 is 0 Å². The van der Waals surface area contributed by atoms with E-state index in [9.17, 15) is 5.11 Å². The number of aliphatic hydroxyl groups is 1. The number of pyridine rings is 1. The standard InChI is InChI=1S/C12H17ClN2O2/c1-14-11-7-15-3-2-10(11)12-5-8(16)4-9(6-13)17-12/h2-3,7-9,12,14,16H,4-6H2,1H3. The third-order valence-corrected chi connectivity index (χ3v) is 3.37. The summed E-state index contributed by atoms with van der Waals surface area (Å²) in [5.41, 5.74) is 1.95. The van der Waals surface area contributed by atoms with E-state index in [-0.39, 0.29) is 18.3 Å². The lowest BCUT2D eigenvalue weighted by atomic mass is 9.96. The number of alkyl halides is 1. The Kier molecular flexibility index (Phi) is 4.20. The van der Waals surface area contributed by atoms with Crippen molar-refractivity contribution in [3.63, 3.8) is 0 Å². The van der Waals surface area contributed by atoms with Gasteiger partial charge in [-0.15, -0.1) is 11.6 Å². The van der Waals surface area contributed by atoms with Gasteiger partial charge in [-0.1, -0.05) is 0 Å². The Morgan fingerprint density at radius 3 is 3.12 bits per heavy atom. The largest absolute Gasteiger partial charge is 0.393 e. The minimum absolute atomic E-state index is 0.0803. The molecule has 0 spiro atoms. The molecule has 1 fully saturated rings. The molecule has 2 N–H and O–H groups in total. The first-order valence-corrected chi connectivity index (χ1v) is 6.29. The van der Waals surface area contributed by atoms with Crippen LogP contribution in [-0.4, -0.2) is 35.2 Å². The van der Waals surface area contributed by atoms with Gasteiger partial charge in [0.1, 0.15) is 0 Å². The second-order valence-corrected chi connectivity index (χ2v) is 4.55. The maximum absolute atomic E-state index is 9.83. The summed E-state index contributed by atoms with van der Waals surface area (Å²) in [4.78, 5) is 4.06. The highest BCUT2D eigenvalue weighted by Gasteiger charge is 2.30. The Morgan fingerprint density at radius 2 is 2.41 bits per heavy atom. The van der Waals surface area contributed by atoms with Crippen molar-refractivity contribution in [2.45, 2.75) is 31.2 Å². The summed E-state index contributed by atoms with van der Waals surface area (Å²) in [6.07, 6.45) is 4.16. The number of halogens is 1. The van der Waals surface area contributed by atoms with Gasteiger partial charge in [-0.3, -0.25) is 4.98 Å². The van der Waals surface area contributed by atoms with E-state index in [1.165, 1.54) is 0 Å². The van der Waals surface area contributed by atoms with Gasteiger partial charge in [0.2, 0.25) is 0 Å². The van der Waals surface area contributed by atoms with E-state index in [1.54, 1.807) is 12.4 Å². The number of hydrogen-bond acceptors (Lipinski definition) is 4. The Morgan fingerprint density at radius 1 is 1.59 bits per heavy atom. The summed E-state index contributed by atoms with van der Waals surface area (Å²) in [7, 11) is 1.85. The maximum atomic E-state index is 9.83. The topological polar surface area (TPSA) is 54.4 Å². The molecule has 1 aliphatic rings. The van der Waals surface area contributed by atoms with Crippen molar-refractivity contribution in [3.8, 4) is 0 Å². The monoisotopic (exact) mass is 256 g/mol. The van der Waals surface area contributed by atoms with Crippen molar-refractivity contribution < 1.29 is 9.84 Å².